The molecule has 0 aromatic heterocycles. The zero-order valence-electron chi connectivity index (χ0n) is 14.0. The van der Waals surface area contributed by atoms with Crippen molar-refractivity contribution >= 4 is 13.2 Å². The predicted octanol–water partition coefficient (Wildman–Crippen LogP) is 4.35. The van der Waals surface area contributed by atoms with E-state index in [9.17, 15) is 10.1 Å². The minimum Gasteiger partial charge on any atom is -0.508 e. The smallest absolute Gasteiger partial charge is 0.458 e. The second-order valence-electron chi connectivity index (χ2n) is 6.06. The van der Waals surface area contributed by atoms with Gasteiger partial charge in [0.15, 0.2) is 0 Å². The number of phenols is 1. The Bertz CT molecular complexity index is 619. The highest BCUT2D eigenvalue weighted by Crippen LogP contribution is 2.28. The van der Waals surface area contributed by atoms with Gasteiger partial charge in [-0.05, 0) is 49.5 Å². The predicted molar refractivity (Wildman–Crippen MR) is 96.2 cm³/mol. The van der Waals surface area contributed by atoms with Crippen LogP contribution in [0.1, 0.15) is 38.7 Å². The molecule has 1 atom stereocenters. The van der Waals surface area contributed by atoms with E-state index in [0.29, 0.717) is 6.32 Å². The quantitative estimate of drug-likeness (QED) is 0.768. The Hall–Kier alpha value is -1.78. The zero-order valence-corrected chi connectivity index (χ0v) is 14.0. The summed E-state index contributed by atoms with van der Waals surface area (Å²) in [5.41, 5.74) is 4.40. The molecule has 4 heteroatoms. The Labute approximate surface area is 139 Å². The molecule has 1 heterocycles. The first-order chi connectivity index (χ1) is 11.0. The number of benzene rings is 1. The first-order valence-electron chi connectivity index (χ1n) is 8.17. The lowest BCUT2D eigenvalue weighted by Gasteiger charge is -2.28. The highest BCUT2D eigenvalue weighted by molar-refractivity contribution is 6.43. The highest BCUT2D eigenvalue weighted by atomic mass is 16.5. The molecule has 1 unspecified atom stereocenters. The van der Waals surface area contributed by atoms with Crippen molar-refractivity contribution in [2.24, 2.45) is 0 Å². The minimum atomic E-state index is -0.719. The van der Waals surface area contributed by atoms with E-state index in [4.69, 9.17) is 4.65 Å². The Morgan fingerprint density at radius 2 is 2.26 bits per heavy atom. The summed E-state index contributed by atoms with van der Waals surface area (Å²) in [4.78, 5) is 0. The van der Waals surface area contributed by atoms with Crippen LogP contribution in [0.15, 0.2) is 53.6 Å². The fourth-order valence-corrected chi connectivity index (χ4v) is 2.81. The van der Waals surface area contributed by atoms with Gasteiger partial charge in [0.1, 0.15) is 5.75 Å². The van der Waals surface area contributed by atoms with E-state index in [-0.39, 0.29) is 11.9 Å². The van der Waals surface area contributed by atoms with Gasteiger partial charge in [0.25, 0.3) is 0 Å². The lowest BCUT2D eigenvalue weighted by atomic mass is 9.77. The second kappa shape index (κ2) is 8.18. The number of allylic oxidation sites excluding steroid dienone is 2. The third-order valence-corrected chi connectivity index (χ3v) is 4.13. The molecule has 0 fully saturated rings. The van der Waals surface area contributed by atoms with Gasteiger partial charge in [-0.2, -0.15) is 0 Å². The van der Waals surface area contributed by atoms with Crippen LogP contribution in [0.25, 0.3) is 6.08 Å². The summed E-state index contributed by atoms with van der Waals surface area (Å²) in [7, 11) is -0.719. The maximum absolute atomic E-state index is 9.74. The maximum atomic E-state index is 9.74. The fourth-order valence-electron chi connectivity index (χ4n) is 2.81. The molecular formula is C19H25BO3. The van der Waals surface area contributed by atoms with Crippen molar-refractivity contribution in [2.45, 2.75) is 45.5 Å². The molecule has 1 aliphatic rings. The number of phenolic OH excluding ortho intramolecular Hbond substituents is 1. The molecule has 1 aliphatic heterocycles. The molecule has 0 saturated carbocycles. The summed E-state index contributed by atoms with van der Waals surface area (Å²) < 4.78 is 5.70. The van der Waals surface area contributed by atoms with Crippen LogP contribution in [0, 0.1) is 0 Å². The van der Waals surface area contributed by atoms with Crippen LogP contribution in [-0.2, 0) is 4.65 Å². The second-order valence-corrected chi connectivity index (χ2v) is 6.06. The van der Waals surface area contributed by atoms with E-state index >= 15 is 0 Å². The fraction of sp³-hybridized carbons (Fsp3) is 0.368. The van der Waals surface area contributed by atoms with Crippen LogP contribution in [-0.4, -0.2) is 23.4 Å². The van der Waals surface area contributed by atoms with E-state index in [2.05, 4.69) is 32.6 Å². The molecule has 0 aliphatic carbocycles. The normalized spacial score (nSPS) is 18.7. The Morgan fingerprint density at radius 3 is 2.96 bits per heavy atom. The van der Waals surface area contributed by atoms with E-state index in [0.717, 1.165) is 36.0 Å². The largest absolute Gasteiger partial charge is 0.508 e. The molecular weight excluding hydrogens is 287 g/mol. The van der Waals surface area contributed by atoms with E-state index in [1.165, 1.54) is 5.57 Å². The van der Waals surface area contributed by atoms with Crippen molar-refractivity contribution in [2.75, 3.05) is 0 Å². The monoisotopic (exact) mass is 312 g/mol. The molecule has 2 N–H and O–H groups in total. The Balaban J connectivity index is 2.01. The van der Waals surface area contributed by atoms with Crippen molar-refractivity contribution in [3.8, 4) is 5.75 Å². The molecule has 0 spiro atoms. The first-order valence-corrected chi connectivity index (χ1v) is 8.17. The van der Waals surface area contributed by atoms with Gasteiger partial charge >= 0.3 is 7.12 Å². The van der Waals surface area contributed by atoms with Gasteiger partial charge in [-0.1, -0.05) is 48.9 Å². The van der Waals surface area contributed by atoms with Crippen LogP contribution in [0.3, 0.4) is 0 Å². The average Bonchev–Trinajstić information content (AvgIpc) is 2.52. The molecule has 0 saturated heterocycles. The summed E-state index contributed by atoms with van der Waals surface area (Å²) in [6.07, 6.45) is 7.11. The third-order valence-electron chi connectivity index (χ3n) is 4.13. The molecule has 1 aromatic rings. The van der Waals surface area contributed by atoms with Gasteiger partial charge < -0.3 is 14.8 Å². The van der Waals surface area contributed by atoms with Crippen LogP contribution in [0.4, 0.5) is 0 Å². The van der Waals surface area contributed by atoms with Crippen molar-refractivity contribution in [3.05, 3.63) is 59.2 Å². The molecule has 1 aromatic carbocycles. The van der Waals surface area contributed by atoms with Crippen LogP contribution in [0.2, 0.25) is 6.32 Å². The number of hydrogen-bond acceptors (Lipinski definition) is 3. The summed E-state index contributed by atoms with van der Waals surface area (Å²) in [6, 6.07) is 7.21. The minimum absolute atomic E-state index is 0.0984. The summed E-state index contributed by atoms with van der Waals surface area (Å²) in [5.74, 6) is 0.273. The number of hydrogen-bond donors (Lipinski definition) is 2. The number of aromatic hydroxyl groups is 1. The van der Waals surface area contributed by atoms with Gasteiger partial charge in [-0.15, -0.1) is 0 Å². The highest BCUT2D eigenvalue weighted by Gasteiger charge is 2.27. The third kappa shape index (κ3) is 5.12. The average molecular weight is 312 g/mol. The van der Waals surface area contributed by atoms with Gasteiger partial charge in [0.05, 0.1) is 6.10 Å². The summed E-state index contributed by atoms with van der Waals surface area (Å²) in [6.45, 7) is 8.26. The molecule has 0 radical (unpaired) electrons. The van der Waals surface area contributed by atoms with Gasteiger partial charge in [0.2, 0.25) is 0 Å². The molecule has 2 rings (SSSR count). The summed E-state index contributed by atoms with van der Waals surface area (Å²) in [5, 5.41) is 19.3. The Kier molecular flexibility index (Phi) is 6.25. The SMILES string of the molecule is C=C(CC)C1=CCB(O)OC1CC/C(C)=C/c1cccc(O)c1. The Morgan fingerprint density at radius 1 is 1.48 bits per heavy atom. The first kappa shape index (κ1) is 17.6. The zero-order chi connectivity index (χ0) is 16.8. The van der Waals surface area contributed by atoms with E-state index in [1.807, 2.05) is 12.1 Å². The molecule has 0 amide bonds. The van der Waals surface area contributed by atoms with Crippen LogP contribution < -0.4 is 0 Å². The molecule has 122 valence electrons. The van der Waals surface area contributed by atoms with Gasteiger partial charge in [-0.3, -0.25) is 0 Å². The van der Waals surface area contributed by atoms with Crippen LogP contribution >= 0.6 is 0 Å². The maximum Gasteiger partial charge on any atom is 0.458 e. The van der Waals surface area contributed by atoms with Gasteiger partial charge in [0, 0.05) is 6.32 Å². The van der Waals surface area contributed by atoms with Crippen LogP contribution in [0.5, 0.6) is 5.75 Å². The lowest BCUT2D eigenvalue weighted by molar-refractivity contribution is 0.183. The number of rotatable bonds is 6. The molecule has 23 heavy (non-hydrogen) atoms. The molecule has 3 nitrogen and oxygen atoms in total. The van der Waals surface area contributed by atoms with E-state index in [1.54, 1.807) is 12.1 Å². The van der Waals surface area contributed by atoms with Crippen molar-refractivity contribution in [1.29, 1.82) is 0 Å². The van der Waals surface area contributed by atoms with Crippen molar-refractivity contribution < 1.29 is 14.8 Å². The molecule has 0 bridgehead atoms. The van der Waals surface area contributed by atoms with E-state index < -0.39 is 7.12 Å². The van der Waals surface area contributed by atoms with Crippen molar-refractivity contribution in [1.82, 2.24) is 0 Å². The van der Waals surface area contributed by atoms with Crippen molar-refractivity contribution in [3.63, 3.8) is 0 Å². The topological polar surface area (TPSA) is 49.7 Å². The van der Waals surface area contributed by atoms with Gasteiger partial charge in [-0.25, -0.2) is 0 Å². The summed E-state index contributed by atoms with van der Waals surface area (Å²) >= 11 is 0. The standard InChI is InChI=1S/C19H25BO3/c1-4-15(3)18-10-11-20(22)23-19(18)9-8-14(2)12-16-6-5-7-17(21)13-16/h5-7,10,12-13,19,21-22H,3-4,8-9,11H2,1-2H3/b14-12+. The lowest BCUT2D eigenvalue weighted by Crippen LogP contribution is -2.31.